The number of nitrogens with one attached hydrogen (secondary N) is 1. The summed E-state index contributed by atoms with van der Waals surface area (Å²) in [7, 11) is 0. The summed E-state index contributed by atoms with van der Waals surface area (Å²) in [6.07, 6.45) is 4.71. The molecule has 0 aliphatic carbocycles. The van der Waals surface area contributed by atoms with Crippen LogP contribution in [0.2, 0.25) is 5.02 Å². The van der Waals surface area contributed by atoms with Gasteiger partial charge in [0.2, 0.25) is 5.88 Å². The Kier molecular flexibility index (Phi) is 5.72. The molecular formula is C22H16ClFN4O2. The number of pyridine rings is 1. The first-order valence-corrected chi connectivity index (χ1v) is 9.42. The molecule has 0 bridgehead atoms. The number of halogens is 2. The number of hydrogen-bond acceptors (Lipinski definition) is 4. The highest BCUT2D eigenvalue weighted by molar-refractivity contribution is 6.30. The monoisotopic (exact) mass is 422 g/mol. The van der Waals surface area contributed by atoms with Crippen LogP contribution < -0.4 is 10.1 Å². The summed E-state index contributed by atoms with van der Waals surface area (Å²) >= 11 is 6.00. The van der Waals surface area contributed by atoms with Gasteiger partial charge in [-0.2, -0.15) is 5.10 Å². The second-order valence-corrected chi connectivity index (χ2v) is 6.83. The maximum absolute atomic E-state index is 13.0. The van der Waals surface area contributed by atoms with Crippen LogP contribution in [0.25, 0.3) is 5.69 Å². The smallest absolute Gasteiger partial charge is 0.254 e. The molecule has 0 aliphatic rings. The number of carbonyl (C=O) groups excluding carboxylic acids is 1. The summed E-state index contributed by atoms with van der Waals surface area (Å²) in [4.78, 5) is 16.6. The highest BCUT2D eigenvalue weighted by Gasteiger charge is 2.10. The van der Waals surface area contributed by atoms with E-state index in [1.807, 2.05) is 12.1 Å². The van der Waals surface area contributed by atoms with Crippen molar-refractivity contribution >= 4 is 17.5 Å². The fraction of sp³-hybridized carbons (Fsp3) is 0.0455. The van der Waals surface area contributed by atoms with Crippen molar-refractivity contribution in [3.8, 4) is 17.3 Å². The lowest BCUT2D eigenvalue weighted by Gasteiger charge is -2.07. The molecule has 0 atom stereocenters. The SMILES string of the molecule is O=C(NCc1ccnc(Oc2ccc(F)cc2)c1)c1cnn(-c2cccc(Cl)c2)c1. The van der Waals surface area contributed by atoms with E-state index in [1.54, 1.807) is 41.3 Å². The van der Waals surface area contributed by atoms with Crippen molar-refractivity contribution in [2.75, 3.05) is 0 Å². The number of amides is 1. The van der Waals surface area contributed by atoms with E-state index in [0.29, 0.717) is 22.2 Å². The largest absolute Gasteiger partial charge is 0.439 e. The number of hydrogen-bond donors (Lipinski definition) is 1. The molecule has 2 aromatic heterocycles. The zero-order chi connectivity index (χ0) is 20.9. The summed E-state index contributed by atoms with van der Waals surface area (Å²) in [6, 6.07) is 16.3. The van der Waals surface area contributed by atoms with Gasteiger partial charge in [-0.1, -0.05) is 17.7 Å². The second-order valence-electron chi connectivity index (χ2n) is 6.39. The molecule has 1 N–H and O–H groups in total. The Balaban J connectivity index is 1.39. The Labute approximate surface area is 176 Å². The maximum Gasteiger partial charge on any atom is 0.254 e. The predicted octanol–water partition coefficient (Wildman–Crippen LogP) is 4.78. The number of rotatable bonds is 6. The highest BCUT2D eigenvalue weighted by atomic mass is 35.5. The number of carbonyl (C=O) groups is 1. The average Bonchev–Trinajstić information content (AvgIpc) is 3.25. The van der Waals surface area contributed by atoms with Gasteiger partial charge in [-0.25, -0.2) is 14.1 Å². The third kappa shape index (κ3) is 4.82. The average molecular weight is 423 g/mol. The molecule has 30 heavy (non-hydrogen) atoms. The Morgan fingerprint density at radius 1 is 1.13 bits per heavy atom. The van der Waals surface area contributed by atoms with E-state index in [-0.39, 0.29) is 18.3 Å². The molecular weight excluding hydrogens is 407 g/mol. The first-order valence-electron chi connectivity index (χ1n) is 9.04. The van der Waals surface area contributed by atoms with Crippen LogP contribution in [0.15, 0.2) is 79.3 Å². The maximum atomic E-state index is 13.0. The van der Waals surface area contributed by atoms with E-state index >= 15 is 0 Å². The fourth-order valence-corrected chi connectivity index (χ4v) is 2.91. The standard InChI is InChI=1S/C22H16ClFN4O2/c23-17-2-1-3-19(11-17)28-14-16(13-27-28)22(29)26-12-15-8-9-25-21(10-15)30-20-6-4-18(24)5-7-20/h1-11,13-14H,12H2,(H,26,29). The van der Waals surface area contributed by atoms with Gasteiger partial charge in [0.15, 0.2) is 0 Å². The molecule has 4 aromatic rings. The topological polar surface area (TPSA) is 69.0 Å². The molecule has 2 heterocycles. The number of nitrogens with zero attached hydrogens (tertiary/aromatic N) is 3. The molecule has 0 fully saturated rings. The minimum atomic E-state index is -0.342. The van der Waals surface area contributed by atoms with Gasteiger partial charge in [0, 0.05) is 30.0 Å². The molecule has 8 heteroatoms. The van der Waals surface area contributed by atoms with Crippen molar-refractivity contribution < 1.29 is 13.9 Å². The Morgan fingerprint density at radius 2 is 1.97 bits per heavy atom. The molecule has 6 nitrogen and oxygen atoms in total. The molecule has 0 radical (unpaired) electrons. The van der Waals surface area contributed by atoms with Gasteiger partial charge in [-0.05, 0) is 54.1 Å². The third-order valence-electron chi connectivity index (χ3n) is 4.21. The van der Waals surface area contributed by atoms with E-state index in [1.165, 1.54) is 30.5 Å². The lowest BCUT2D eigenvalue weighted by molar-refractivity contribution is 0.0951. The van der Waals surface area contributed by atoms with Crippen LogP contribution in [0, 0.1) is 5.82 Å². The molecule has 2 aromatic carbocycles. The third-order valence-corrected chi connectivity index (χ3v) is 4.44. The molecule has 4 rings (SSSR count). The van der Waals surface area contributed by atoms with Crippen molar-refractivity contribution in [1.29, 1.82) is 0 Å². The Morgan fingerprint density at radius 3 is 2.77 bits per heavy atom. The van der Waals surface area contributed by atoms with Gasteiger partial charge in [0.25, 0.3) is 5.91 Å². The van der Waals surface area contributed by atoms with E-state index in [4.69, 9.17) is 16.3 Å². The summed E-state index contributed by atoms with van der Waals surface area (Å²) in [6.45, 7) is 0.281. The number of aromatic nitrogens is 3. The van der Waals surface area contributed by atoms with Crippen molar-refractivity contribution in [3.05, 3.63) is 101 Å². The van der Waals surface area contributed by atoms with Crippen LogP contribution in [0.5, 0.6) is 11.6 Å². The molecule has 0 spiro atoms. The fourth-order valence-electron chi connectivity index (χ4n) is 2.72. The van der Waals surface area contributed by atoms with Crippen molar-refractivity contribution in [2.45, 2.75) is 6.54 Å². The molecule has 1 amide bonds. The quantitative estimate of drug-likeness (QED) is 0.485. The molecule has 0 unspecified atom stereocenters. The molecule has 0 aliphatic heterocycles. The van der Waals surface area contributed by atoms with E-state index in [0.717, 1.165) is 11.3 Å². The van der Waals surface area contributed by atoms with Crippen LogP contribution in [0.1, 0.15) is 15.9 Å². The summed E-state index contributed by atoms with van der Waals surface area (Å²) in [5.74, 6) is 0.215. The summed E-state index contributed by atoms with van der Waals surface area (Å²) in [5.41, 5.74) is 1.99. The van der Waals surface area contributed by atoms with Gasteiger partial charge < -0.3 is 10.1 Å². The van der Waals surface area contributed by atoms with Gasteiger partial charge in [-0.3, -0.25) is 4.79 Å². The highest BCUT2D eigenvalue weighted by Crippen LogP contribution is 2.20. The van der Waals surface area contributed by atoms with Crippen LogP contribution in [-0.4, -0.2) is 20.7 Å². The van der Waals surface area contributed by atoms with Crippen LogP contribution in [0.3, 0.4) is 0 Å². The predicted molar refractivity (Wildman–Crippen MR) is 110 cm³/mol. The van der Waals surface area contributed by atoms with E-state index in [9.17, 15) is 9.18 Å². The van der Waals surface area contributed by atoms with Gasteiger partial charge in [-0.15, -0.1) is 0 Å². The molecule has 0 saturated carbocycles. The number of ether oxygens (including phenoxy) is 1. The van der Waals surface area contributed by atoms with Crippen LogP contribution in [0.4, 0.5) is 4.39 Å². The van der Waals surface area contributed by atoms with Gasteiger partial charge in [0.05, 0.1) is 17.4 Å². The summed E-state index contributed by atoms with van der Waals surface area (Å²) in [5, 5.41) is 7.64. The summed E-state index contributed by atoms with van der Waals surface area (Å²) < 4.78 is 20.2. The molecule has 150 valence electrons. The van der Waals surface area contributed by atoms with Crippen molar-refractivity contribution in [2.24, 2.45) is 0 Å². The lowest BCUT2D eigenvalue weighted by Crippen LogP contribution is -2.22. The zero-order valence-electron chi connectivity index (χ0n) is 15.6. The number of benzene rings is 2. The lowest BCUT2D eigenvalue weighted by atomic mass is 10.2. The van der Waals surface area contributed by atoms with E-state index in [2.05, 4.69) is 15.4 Å². The Hall–Kier alpha value is -3.71. The minimum Gasteiger partial charge on any atom is -0.439 e. The normalized spacial score (nSPS) is 10.6. The first kappa shape index (κ1) is 19.6. The minimum absolute atomic E-state index is 0.263. The van der Waals surface area contributed by atoms with Crippen LogP contribution >= 0.6 is 11.6 Å². The molecule has 0 saturated heterocycles. The first-order chi connectivity index (χ1) is 14.6. The van der Waals surface area contributed by atoms with Crippen molar-refractivity contribution in [3.63, 3.8) is 0 Å². The van der Waals surface area contributed by atoms with E-state index < -0.39 is 0 Å². The zero-order valence-corrected chi connectivity index (χ0v) is 16.4. The van der Waals surface area contributed by atoms with Crippen molar-refractivity contribution in [1.82, 2.24) is 20.1 Å². The Bertz CT molecular complexity index is 1180. The van der Waals surface area contributed by atoms with Gasteiger partial charge in [0.1, 0.15) is 11.6 Å². The second kappa shape index (κ2) is 8.75. The van der Waals surface area contributed by atoms with Crippen LogP contribution in [-0.2, 0) is 6.54 Å². The van der Waals surface area contributed by atoms with Gasteiger partial charge >= 0.3 is 0 Å².